The Balaban J connectivity index is 1.92. The lowest BCUT2D eigenvalue weighted by molar-refractivity contribution is -0.384. The van der Waals surface area contributed by atoms with Crippen LogP contribution in [-0.2, 0) is 14.3 Å². The molecule has 0 amide bonds. The first-order chi connectivity index (χ1) is 10.1. The topological polar surface area (TPSA) is 86.5 Å². The maximum Gasteiger partial charge on any atom is 0.331 e. The zero-order chi connectivity index (χ0) is 15.2. The number of rotatable bonds is 4. The number of carbonyl (C=O) groups is 2. The molecule has 1 atom stereocenters. The molecule has 0 aliphatic heterocycles. The van der Waals surface area contributed by atoms with E-state index in [4.69, 9.17) is 4.74 Å². The highest BCUT2D eigenvalue weighted by Crippen LogP contribution is 2.18. The van der Waals surface area contributed by atoms with Gasteiger partial charge in [-0.3, -0.25) is 14.9 Å². The fraction of sp³-hybridized carbons (Fsp3) is 0.333. The number of carbonyl (C=O) groups excluding carboxylic acids is 2. The number of non-ortho nitro benzene ring substituents is 1. The van der Waals surface area contributed by atoms with E-state index >= 15 is 0 Å². The fourth-order valence-corrected chi connectivity index (χ4v) is 2.13. The number of nitrogens with zero attached hydrogens (tertiary/aromatic N) is 1. The molecule has 2 rings (SSSR count). The Labute approximate surface area is 121 Å². The van der Waals surface area contributed by atoms with Crippen LogP contribution < -0.4 is 0 Å². The fourth-order valence-electron chi connectivity index (χ4n) is 2.13. The molecule has 1 saturated carbocycles. The van der Waals surface area contributed by atoms with Gasteiger partial charge in [-0.25, -0.2) is 4.79 Å². The standard InChI is InChI=1S/C15H15NO5/c17-13-3-1-2-4-14(13)21-15(18)10-7-11-5-8-12(9-6-11)16(19)20/h5-10,14H,1-4H2/b10-7+/t14-/m0/s1. The highest BCUT2D eigenvalue weighted by atomic mass is 16.6. The zero-order valence-electron chi connectivity index (χ0n) is 11.4. The normalized spacial score (nSPS) is 18.7. The van der Waals surface area contributed by atoms with Crippen molar-refractivity contribution >= 4 is 23.5 Å². The van der Waals surface area contributed by atoms with Gasteiger partial charge in [0.25, 0.3) is 5.69 Å². The lowest BCUT2D eigenvalue weighted by atomic mass is 9.96. The summed E-state index contributed by atoms with van der Waals surface area (Å²) < 4.78 is 5.10. The van der Waals surface area contributed by atoms with Crippen LogP contribution in [0.2, 0.25) is 0 Å². The van der Waals surface area contributed by atoms with Gasteiger partial charge in [0.2, 0.25) is 0 Å². The SMILES string of the molecule is O=C(/C=C/c1ccc([N+](=O)[O-])cc1)O[C@H]1CCCCC1=O. The van der Waals surface area contributed by atoms with Crippen LogP contribution in [0, 0.1) is 10.1 Å². The molecule has 21 heavy (non-hydrogen) atoms. The van der Waals surface area contributed by atoms with Crippen molar-refractivity contribution in [2.45, 2.75) is 31.8 Å². The second-order valence-corrected chi connectivity index (χ2v) is 4.82. The molecule has 1 aliphatic rings. The second-order valence-electron chi connectivity index (χ2n) is 4.82. The number of ether oxygens (including phenoxy) is 1. The summed E-state index contributed by atoms with van der Waals surface area (Å²) >= 11 is 0. The third-order valence-electron chi connectivity index (χ3n) is 3.27. The predicted molar refractivity (Wildman–Crippen MR) is 75.5 cm³/mol. The van der Waals surface area contributed by atoms with Crippen LogP contribution in [0.1, 0.15) is 31.2 Å². The molecule has 0 heterocycles. The van der Waals surface area contributed by atoms with Crippen molar-refractivity contribution in [1.29, 1.82) is 0 Å². The molecule has 0 bridgehead atoms. The Morgan fingerprint density at radius 2 is 2.00 bits per heavy atom. The molecule has 1 aliphatic carbocycles. The molecule has 6 heteroatoms. The second kappa shape index (κ2) is 6.78. The summed E-state index contributed by atoms with van der Waals surface area (Å²) in [4.78, 5) is 33.2. The van der Waals surface area contributed by atoms with E-state index in [9.17, 15) is 19.7 Å². The molecule has 6 nitrogen and oxygen atoms in total. The van der Waals surface area contributed by atoms with Crippen LogP contribution in [0.3, 0.4) is 0 Å². The molecule has 0 aromatic heterocycles. The van der Waals surface area contributed by atoms with E-state index in [0.717, 1.165) is 12.8 Å². The van der Waals surface area contributed by atoms with Gasteiger partial charge >= 0.3 is 5.97 Å². The number of nitro groups is 1. The van der Waals surface area contributed by atoms with Gasteiger partial charge in [-0.05, 0) is 43.0 Å². The summed E-state index contributed by atoms with van der Waals surface area (Å²) in [6.45, 7) is 0. The summed E-state index contributed by atoms with van der Waals surface area (Å²) in [6, 6.07) is 5.78. The molecule has 1 aromatic rings. The molecular formula is C15H15NO5. The first kappa shape index (κ1) is 14.9. The van der Waals surface area contributed by atoms with E-state index in [2.05, 4.69) is 0 Å². The van der Waals surface area contributed by atoms with Crippen molar-refractivity contribution in [2.24, 2.45) is 0 Å². The van der Waals surface area contributed by atoms with E-state index in [1.165, 1.54) is 36.4 Å². The van der Waals surface area contributed by atoms with Crippen LogP contribution in [0.25, 0.3) is 6.08 Å². The summed E-state index contributed by atoms with van der Waals surface area (Å²) in [6.07, 6.45) is 4.87. The van der Waals surface area contributed by atoms with Crippen molar-refractivity contribution < 1.29 is 19.2 Å². The Morgan fingerprint density at radius 3 is 2.62 bits per heavy atom. The quantitative estimate of drug-likeness (QED) is 0.368. The minimum Gasteiger partial charge on any atom is -0.451 e. The number of Topliss-reactive ketones (excluding diaryl/α,β-unsaturated/α-hetero) is 1. The number of hydrogen-bond acceptors (Lipinski definition) is 5. The molecule has 1 aromatic carbocycles. The summed E-state index contributed by atoms with van der Waals surface area (Å²) in [5.41, 5.74) is 0.634. The molecule has 110 valence electrons. The van der Waals surface area contributed by atoms with Crippen molar-refractivity contribution in [3.63, 3.8) is 0 Å². The third-order valence-corrected chi connectivity index (χ3v) is 3.27. The Morgan fingerprint density at radius 1 is 1.29 bits per heavy atom. The van der Waals surface area contributed by atoms with Gasteiger partial charge in [-0.15, -0.1) is 0 Å². The third kappa shape index (κ3) is 4.24. The van der Waals surface area contributed by atoms with Gasteiger partial charge in [0, 0.05) is 24.6 Å². The number of ketones is 1. The van der Waals surface area contributed by atoms with E-state index in [0.29, 0.717) is 18.4 Å². The van der Waals surface area contributed by atoms with Gasteiger partial charge in [0.05, 0.1) is 4.92 Å². The first-order valence-electron chi connectivity index (χ1n) is 6.72. The predicted octanol–water partition coefficient (Wildman–Crippen LogP) is 2.66. The Hall–Kier alpha value is -2.50. The number of nitro benzene ring substituents is 1. The molecule has 0 unspecified atom stereocenters. The maximum absolute atomic E-state index is 11.6. The maximum atomic E-state index is 11.6. The van der Waals surface area contributed by atoms with E-state index < -0.39 is 17.0 Å². The van der Waals surface area contributed by atoms with Gasteiger partial charge in [0.15, 0.2) is 11.9 Å². The molecule has 0 saturated heterocycles. The Kier molecular flexibility index (Phi) is 4.81. The number of hydrogen-bond donors (Lipinski definition) is 0. The summed E-state index contributed by atoms with van der Waals surface area (Å²) in [5, 5.41) is 10.5. The highest BCUT2D eigenvalue weighted by Gasteiger charge is 2.24. The van der Waals surface area contributed by atoms with Crippen molar-refractivity contribution in [1.82, 2.24) is 0 Å². The van der Waals surface area contributed by atoms with Gasteiger partial charge in [-0.2, -0.15) is 0 Å². The van der Waals surface area contributed by atoms with E-state index in [1.54, 1.807) is 0 Å². The van der Waals surface area contributed by atoms with E-state index in [-0.39, 0.29) is 11.5 Å². The number of esters is 1. The number of benzene rings is 1. The van der Waals surface area contributed by atoms with Crippen LogP contribution in [0.5, 0.6) is 0 Å². The van der Waals surface area contributed by atoms with Crippen LogP contribution in [0.15, 0.2) is 30.3 Å². The van der Waals surface area contributed by atoms with Gasteiger partial charge < -0.3 is 4.74 Å². The van der Waals surface area contributed by atoms with Crippen molar-refractivity contribution in [2.75, 3.05) is 0 Å². The van der Waals surface area contributed by atoms with Crippen molar-refractivity contribution in [3.05, 3.63) is 46.0 Å². The molecule has 0 radical (unpaired) electrons. The minimum atomic E-state index is -0.632. The highest BCUT2D eigenvalue weighted by molar-refractivity contribution is 5.91. The van der Waals surface area contributed by atoms with E-state index in [1.807, 2.05) is 0 Å². The summed E-state index contributed by atoms with van der Waals surface area (Å²) in [7, 11) is 0. The monoisotopic (exact) mass is 289 g/mol. The van der Waals surface area contributed by atoms with Crippen LogP contribution >= 0.6 is 0 Å². The minimum absolute atomic E-state index is 0.0115. The molecule has 1 fully saturated rings. The smallest absolute Gasteiger partial charge is 0.331 e. The molecule has 0 spiro atoms. The lowest BCUT2D eigenvalue weighted by Gasteiger charge is -2.19. The average molecular weight is 289 g/mol. The van der Waals surface area contributed by atoms with Gasteiger partial charge in [0.1, 0.15) is 0 Å². The average Bonchev–Trinajstić information content (AvgIpc) is 2.48. The molecular weight excluding hydrogens is 274 g/mol. The first-order valence-corrected chi connectivity index (χ1v) is 6.72. The van der Waals surface area contributed by atoms with Crippen molar-refractivity contribution in [3.8, 4) is 0 Å². The van der Waals surface area contributed by atoms with Gasteiger partial charge in [-0.1, -0.05) is 0 Å². The summed E-state index contributed by atoms with van der Waals surface area (Å²) in [5.74, 6) is -0.605. The zero-order valence-corrected chi connectivity index (χ0v) is 11.4. The Bertz CT molecular complexity index is 576. The molecule has 0 N–H and O–H groups in total. The lowest BCUT2D eigenvalue weighted by Crippen LogP contribution is -2.29. The van der Waals surface area contributed by atoms with Crippen LogP contribution in [0.4, 0.5) is 5.69 Å². The largest absolute Gasteiger partial charge is 0.451 e. The van der Waals surface area contributed by atoms with Crippen LogP contribution in [-0.4, -0.2) is 22.8 Å².